The van der Waals surface area contributed by atoms with Crippen molar-refractivity contribution in [3.8, 4) is 11.3 Å². The standard InChI is InChI=1S/C14H16ClFN2S/c1-9(2)6-17-7-14-18-13(8-19-14)11-4-3-10(16)5-12(11)15/h3-5,8-9,17H,6-7H2,1-2H3. The zero-order valence-electron chi connectivity index (χ0n) is 10.9. The van der Waals surface area contributed by atoms with Gasteiger partial charge in [0, 0.05) is 17.5 Å². The first kappa shape index (κ1) is 14.4. The van der Waals surface area contributed by atoms with Gasteiger partial charge in [0.15, 0.2) is 0 Å². The number of halogens is 2. The molecule has 2 rings (SSSR count). The second-order valence-corrected chi connectivity index (χ2v) is 6.13. The van der Waals surface area contributed by atoms with Gasteiger partial charge in [0.1, 0.15) is 10.8 Å². The first-order chi connectivity index (χ1) is 9.06. The molecule has 1 N–H and O–H groups in total. The van der Waals surface area contributed by atoms with Crippen LogP contribution in [0.4, 0.5) is 4.39 Å². The predicted molar refractivity (Wildman–Crippen MR) is 79.1 cm³/mol. The van der Waals surface area contributed by atoms with E-state index in [1.807, 2.05) is 5.38 Å². The van der Waals surface area contributed by atoms with Crippen LogP contribution in [0.2, 0.25) is 5.02 Å². The maximum Gasteiger partial charge on any atom is 0.124 e. The minimum Gasteiger partial charge on any atom is -0.310 e. The van der Waals surface area contributed by atoms with E-state index < -0.39 is 0 Å². The summed E-state index contributed by atoms with van der Waals surface area (Å²) in [6.45, 7) is 6.05. The molecule has 0 saturated carbocycles. The van der Waals surface area contributed by atoms with Crippen molar-refractivity contribution in [3.05, 3.63) is 39.4 Å². The summed E-state index contributed by atoms with van der Waals surface area (Å²) in [5, 5.41) is 6.70. The topological polar surface area (TPSA) is 24.9 Å². The monoisotopic (exact) mass is 298 g/mol. The number of benzene rings is 1. The first-order valence-corrected chi connectivity index (χ1v) is 7.42. The van der Waals surface area contributed by atoms with Crippen LogP contribution in [0.1, 0.15) is 18.9 Å². The van der Waals surface area contributed by atoms with Crippen LogP contribution >= 0.6 is 22.9 Å². The van der Waals surface area contributed by atoms with Crippen LogP contribution in [0.15, 0.2) is 23.6 Å². The van der Waals surface area contributed by atoms with Crippen LogP contribution in [0.3, 0.4) is 0 Å². The van der Waals surface area contributed by atoms with E-state index in [4.69, 9.17) is 11.6 Å². The largest absolute Gasteiger partial charge is 0.310 e. The molecule has 0 aliphatic rings. The highest BCUT2D eigenvalue weighted by molar-refractivity contribution is 7.09. The second kappa shape index (κ2) is 6.46. The molecule has 5 heteroatoms. The van der Waals surface area contributed by atoms with Gasteiger partial charge in [-0.25, -0.2) is 9.37 Å². The Balaban J connectivity index is 2.08. The smallest absolute Gasteiger partial charge is 0.124 e. The maximum absolute atomic E-state index is 13.0. The second-order valence-electron chi connectivity index (χ2n) is 4.78. The van der Waals surface area contributed by atoms with Crippen molar-refractivity contribution in [1.82, 2.24) is 10.3 Å². The Bertz CT molecular complexity index is 554. The highest BCUT2D eigenvalue weighted by atomic mass is 35.5. The van der Waals surface area contributed by atoms with Crippen molar-refractivity contribution < 1.29 is 4.39 Å². The molecule has 19 heavy (non-hydrogen) atoms. The van der Waals surface area contributed by atoms with E-state index in [9.17, 15) is 4.39 Å². The summed E-state index contributed by atoms with van der Waals surface area (Å²) in [5.74, 6) is 0.286. The van der Waals surface area contributed by atoms with E-state index in [1.54, 1.807) is 17.4 Å². The first-order valence-electron chi connectivity index (χ1n) is 6.17. The third kappa shape index (κ3) is 4.00. The molecule has 0 saturated heterocycles. The molecule has 0 bridgehead atoms. The lowest BCUT2D eigenvalue weighted by atomic mass is 10.2. The fourth-order valence-electron chi connectivity index (χ4n) is 1.68. The number of rotatable bonds is 5. The van der Waals surface area contributed by atoms with E-state index in [1.165, 1.54) is 12.1 Å². The summed E-state index contributed by atoms with van der Waals surface area (Å²) in [7, 11) is 0. The lowest BCUT2D eigenvalue weighted by Gasteiger charge is -2.04. The molecule has 102 valence electrons. The van der Waals surface area contributed by atoms with Gasteiger partial charge in [0.05, 0.1) is 10.7 Å². The number of nitrogens with zero attached hydrogens (tertiary/aromatic N) is 1. The molecule has 2 aromatic rings. The molecule has 1 aromatic heterocycles. The summed E-state index contributed by atoms with van der Waals surface area (Å²) in [6.07, 6.45) is 0. The molecule has 0 atom stereocenters. The van der Waals surface area contributed by atoms with Crippen LogP contribution in [-0.4, -0.2) is 11.5 Å². The zero-order valence-corrected chi connectivity index (χ0v) is 12.5. The Hall–Kier alpha value is -0.970. The van der Waals surface area contributed by atoms with Gasteiger partial charge in [-0.05, 0) is 30.7 Å². The van der Waals surface area contributed by atoms with Gasteiger partial charge in [-0.2, -0.15) is 0 Å². The Labute approximate surface area is 121 Å². The van der Waals surface area contributed by atoms with E-state index in [0.29, 0.717) is 10.9 Å². The van der Waals surface area contributed by atoms with Crippen molar-refractivity contribution in [2.45, 2.75) is 20.4 Å². The fraction of sp³-hybridized carbons (Fsp3) is 0.357. The number of hydrogen-bond acceptors (Lipinski definition) is 3. The van der Waals surface area contributed by atoms with Gasteiger partial charge >= 0.3 is 0 Å². The summed E-state index contributed by atoms with van der Waals surface area (Å²) in [6, 6.07) is 4.38. The minimum atomic E-state index is -0.331. The van der Waals surface area contributed by atoms with Gasteiger partial charge in [-0.3, -0.25) is 0 Å². The van der Waals surface area contributed by atoms with Crippen LogP contribution < -0.4 is 5.32 Å². The third-order valence-corrected chi connectivity index (χ3v) is 3.75. The molecule has 1 heterocycles. The Morgan fingerprint density at radius 1 is 1.42 bits per heavy atom. The summed E-state index contributed by atoms with van der Waals surface area (Å²) < 4.78 is 13.0. The predicted octanol–water partition coefficient (Wildman–Crippen LogP) is 4.35. The highest BCUT2D eigenvalue weighted by Gasteiger charge is 2.09. The number of hydrogen-bond donors (Lipinski definition) is 1. The SMILES string of the molecule is CC(C)CNCc1nc(-c2ccc(F)cc2Cl)cs1. The Morgan fingerprint density at radius 3 is 2.89 bits per heavy atom. The molecule has 2 nitrogen and oxygen atoms in total. The van der Waals surface area contributed by atoms with Crippen molar-refractivity contribution >= 4 is 22.9 Å². The Morgan fingerprint density at radius 2 is 2.21 bits per heavy atom. The van der Waals surface area contributed by atoms with Gasteiger partial charge in [0.25, 0.3) is 0 Å². The van der Waals surface area contributed by atoms with Crippen molar-refractivity contribution in [3.63, 3.8) is 0 Å². The van der Waals surface area contributed by atoms with Gasteiger partial charge in [-0.1, -0.05) is 25.4 Å². The van der Waals surface area contributed by atoms with Crippen LogP contribution in [0, 0.1) is 11.7 Å². The van der Waals surface area contributed by atoms with Crippen molar-refractivity contribution in [2.24, 2.45) is 5.92 Å². The summed E-state index contributed by atoms with van der Waals surface area (Å²) in [4.78, 5) is 4.52. The normalized spacial score (nSPS) is 11.2. The van der Waals surface area contributed by atoms with Crippen molar-refractivity contribution in [2.75, 3.05) is 6.54 Å². The lowest BCUT2D eigenvalue weighted by Crippen LogP contribution is -2.18. The van der Waals surface area contributed by atoms with E-state index in [0.717, 1.165) is 29.4 Å². The van der Waals surface area contributed by atoms with Crippen LogP contribution in [0.25, 0.3) is 11.3 Å². The molecule has 0 radical (unpaired) electrons. The number of thiazole rings is 1. The van der Waals surface area contributed by atoms with Crippen molar-refractivity contribution in [1.29, 1.82) is 0 Å². The molecule has 0 unspecified atom stereocenters. The van der Waals surface area contributed by atoms with E-state index in [-0.39, 0.29) is 5.82 Å². The third-order valence-electron chi connectivity index (χ3n) is 2.59. The van der Waals surface area contributed by atoms with E-state index in [2.05, 4.69) is 24.1 Å². The number of nitrogens with one attached hydrogen (secondary N) is 1. The molecule has 0 spiro atoms. The molecular formula is C14H16ClFN2S. The minimum absolute atomic E-state index is 0.331. The molecule has 0 fully saturated rings. The van der Waals surface area contributed by atoms with E-state index >= 15 is 0 Å². The quantitative estimate of drug-likeness (QED) is 0.888. The fourth-order valence-corrected chi connectivity index (χ4v) is 2.71. The molecule has 0 aliphatic carbocycles. The average Bonchev–Trinajstić information content (AvgIpc) is 2.77. The summed E-state index contributed by atoms with van der Waals surface area (Å²) in [5.41, 5.74) is 1.57. The molecule has 1 aromatic carbocycles. The van der Waals surface area contributed by atoms with Crippen LogP contribution in [-0.2, 0) is 6.54 Å². The van der Waals surface area contributed by atoms with Gasteiger partial charge in [0.2, 0.25) is 0 Å². The van der Waals surface area contributed by atoms with Gasteiger partial charge in [-0.15, -0.1) is 11.3 Å². The summed E-state index contributed by atoms with van der Waals surface area (Å²) >= 11 is 7.61. The molecule has 0 aliphatic heterocycles. The molecule has 0 amide bonds. The molecular weight excluding hydrogens is 283 g/mol. The average molecular weight is 299 g/mol. The van der Waals surface area contributed by atoms with Crippen LogP contribution in [0.5, 0.6) is 0 Å². The number of aromatic nitrogens is 1. The Kier molecular flexibility index (Phi) is 4.91. The highest BCUT2D eigenvalue weighted by Crippen LogP contribution is 2.29. The van der Waals surface area contributed by atoms with Gasteiger partial charge < -0.3 is 5.32 Å². The maximum atomic E-state index is 13.0. The lowest BCUT2D eigenvalue weighted by molar-refractivity contribution is 0.551. The zero-order chi connectivity index (χ0) is 13.8.